The minimum atomic E-state index is -0.243. The number of pyridine rings is 1. The van der Waals surface area contributed by atoms with Crippen LogP contribution in [0, 0.1) is 0 Å². The molecule has 0 radical (unpaired) electrons. The van der Waals surface area contributed by atoms with E-state index in [2.05, 4.69) is 10.3 Å². The van der Waals surface area contributed by atoms with Gasteiger partial charge in [0.1, 0.15) is 17.2 Å². The van der Waals surface area contributed by atoms with Crippen LogP contribution in [0.15, 0.2) is 36.5 Å². The lowest BCUT2D eigenvalue weighted by atomic mass is 10.1. The van der Waals surface area contributed by atoms with E-state index in [1.165, 1.54) is 0 Å². The normalized spacial score (nSPS) is 12.6. The molecule has 0 saturated heterocycles. The monoisotopic (exact) mass is 383 g/mol. The van der Waals surface area contributed by atoms with Crippen molar-refractivity contribution >= 4 is 17.5 Å². The lowest BCUT2D eigenvalue weighted by molar-refractivity contribution is -0.116. The van der Waals surface area contributed by atoms with Gasteiger partial charge in [0.2, 0.25) is 5.91 Å². The number of anilines is 1. The van der Waals surface area contributed by atoms with Gasteiger partial charge in [-0.15, -0.1) is 0 Å². The van der Waals surface area contributed by atoms with Crippen LogP contribution in [0.2, 0.25) is 0 Å². The van der Waals surface area contributed by atoms with Gasteiger partial charge in [0.05, 0.1) is 0 Å². The molecule has 7 heteroatoms. The zero-order valence-corrected chi connectivity index (χ0v) is 16.2. The van der Waals surface area contributed by atoms with E-state index in [9.17, 15) is 9.59 Å². The van der Waals surface area contributed by atoms with Gasteiger partial charge in [-0.1, -0.05) is 0 Å². The van der Waals surface area contributed by atoms with Gasteiger partial charge in [-0.2, -0.15) is 0 Å². The predicted octanol–water partition coefficient (Wildman–Crippen LogP) is 2.94. The van der Waals surface area contributed by atoms with Crippen molar-refractivity contribution in [3.63, 3.8) is 0 Å². The second-order valence-electron chi connectivity index (χ2n) is 6.50. The Morgan fingerprint density at radius 2 is 2.04 bits per heavy atom. The van der Waals surface area contributed by atoms with Crippen LogP contribution in [0.1, 0.15) is 36.3 Å². The van der Waals surface area contributed by atoms with Gasteiger partial charge in [0, 0.05) is 51.2 Å². The second-order valence-corrected chi connectivity index (χ2v) is 6.50. The van der Waals surface area contributed by atoms with Crippen LogP contribution < -0.4 is 15.0 Å². The number of hydrogen-bond acceptors (Lipinski definition) is 5. The molecule has 1 aliphatic heterocycles. The van der Waals surface area contributed by atoms with Gasteiger partial charge in [0.15, 0.2) is 0 Å². The largest absolute Gasteiger partial charge is 0.457 e. The maximum absolute atomic E-state index is 12.2. The van der Waals surface area contributed by atoms with Crippen molar-refractivity contribution in [2.24, 2.45) is 0 Å². The minimum absolute atomic E-state index is 0.0402. The average molecular weight is 383 g/mol. The molecule has 0 saturated carbocycles. The second kappa shape index (κ2) is 9.32. The number of amides is 2. The molecule has 0 aliphatic carbocycles. The summed E-state index contributed by atoms with van der Waals surface area (Å²) in [5.74, 6) is 1.00. The van der Waals surface area contributed by atoms with Crippen molar-refractivity contribution in [3.8, 4) is 11.5 Å². The van der Waals surface area contributed by atoms with Crippen LogP contribution in [-0.4, -0.2) is 43.1 Å². The molecule has 2 aromatic rings. The molecular weight excluding hydrogens is 358 g/mol. The summed E-state index contributed by atoms with van der Waals surface area (Å²) < 4.78 is 11.2. The fraction of sp³-hybridized carbons (Fsp3) is 0.381. The molecule has 7 nitrogen and oxygen atoms in total. The summed E-state index contributed by atoms with van der Waals surface area (Å²) in [7, 11) is 0. The molecule has 2 heterocycles. The summed E-state index contributed by atoms with van der Waals surface area (Å²) >= 11 is 0. The lowest BCUT2D eigenvalue weighted by Crippen LogP contribution is -2.26. The first-order chi connectivity index (χ1) is 13.6. The van der Waals surface area contributed by atoms with Crippen LogP contribution in [0.5, 0.6) is 11.5 Å². The van der Waals surface area contributed by atoms with Crippen LogP contribution >= 0.6 is 0 Å². The van der Waals surface area contributed by atoms with Crippen LogP contribution in [0.25, 0.3) is 0 Å². The SMILES string of the molecule is CCOCCCNC(=O)c1cc(Oc2ccc3c(c2)CCN3C(C)=O)ccn1. The Morgan fingerprint density at radius 3 is 2.82 bits per heavy atom. The number of carbonyl (C=O) groups excluding carboxylic acids is 2. The van der Waals surface area contributed by atoms with Crippen LogP contribution in [0.4, 0.5) is 5.69 Å². The third-order valence-corrected chi connectivity index (χ3v) is 4.48. The van der Waals surface area contributed by atoms with Crippen LogP contribution in [0.3, 0.4) is 0 Å². The summed E-state index contributed by atoms with van der Waals surface area (Å²) in [5, 5.41) is 2.82. The first-order valence-corrected chi connectivity index (χ1v) is 9.49. The van der Waals surface area contributed by atoms with E-state index in [-0.39, 0.29) is 11.8 Å². The molecule has 0 atom stereocenters. The Bertz CT molecular complexity index is 853. The highest BCUT2D eigenvalue weighted by molar-refractivity contribution is 5.94. The topological polar surface area (TPSA) is 80.8 Å². The maximum atomic E-state index is 12.2. The number of fused-ring (bicyclic) bond motifs is 1. The van der Waals surface area contributed by atoms with E-state index in [4.69, 9.17) is 9.47 Å². The summed E-state index contributed by atoms with van der Waals surface area (Å²) in [6.07, 6.45) is 3.11. The molecule has 1 aliphatic rings. The average Bonchev–Trinajstić information content (AvgIpc) is 3.11. The number of nitrogens with zero attached hydrogens (tertiary/aromatic N) is 2. The van der Waals surface area contributed by atoms with Crippen molar-refractivity contribution in [1.29, 1.82) is 0 Å². The molecule has 1 aromatic heterocycles. The Labute approximate surface area is 164 Å². The number of ether oxygens (including phenoxy) is 2. The maximum Gasteiger partial charge on any atom is 0.270 e. The summed E-state index contributed by atoms with van der Waals surface area (Å²) in [6, 6.07) is 8.99. The highest BCUT2D eigenvalue weighted by atomic mass is 16.5. The Balaban J connectivity index is 1.62. The number of carbonyl (C=O) groups is 2. The van der Waals surface area contributed by atoms with Crippen molar-refractivity contribution in [1.82, 2.24) is 10.3 Å². The van der Waals surface area contributed by atoms with E-state index in [0.29, 0.717) is 43.5 Å². The Morgan fingerprint density at radius 1 is 1.21 bits per heavy atom. The van der Waals surface area contributed by atoms with Gasteiger partial charge in [-0.3, -0.25) is 14.6 Å². The van der Waals surface area contributed by atoms with Gasteiger partial charge in [0.25, 0.3) is 5.91 Å². The quantitative estimate of drug-likeness (QED) is 0.709. The van der Waals surface area contributed by atoms with Crippen molar-refractivity contribution in [2.75, 3.05) is 31.2 Å². The van der Waals surface area contributed by atoms with E-state index >= 15 is 0 Å². The smallest absolute Gasteiger partial charge is 0.270 e. The molecule has 148 valence electrons. The fourth-order valence-corrected chi connectivity index (χ4v) is 3.11. The number of benzene rings is 1. The van der Waals surface area contributed by atoms with Crippen LogP contribution in [-0.2, 0) is 16.0 Å². The van der Waals surface area contributed by atoms with Gasteiger partial charge in [-0.25, -0.2) is 0 Å². The van der Waals surface area contributed by atoms with E-state index in [1.807, 2.05) is 25.1 Å². The summed E-state index contributed by atoms with van der Waals surface area (Å²) in [5.41, 5.74) is 2.31. The zero-order chi connectivity index (χ0) is 19.9. The highest BCUT2D eigenvalue weighted by Crippen LogP contribution is 2.33. The molecule has 28 heavy (non-hydrogen) atoms. The van der Waals surface area contributed by atoms with E-state index in [0.717, 1.165) is 24.1 Å². The van der Waals surface area contributed by atoms with E-state index in [1.54, 1.807) is 30.2 Å². The predicted molar refractivity (Wildman–Crippen MR) is 106 cm³/mol. The zero-order valence-electron chi connectivity index (χ0n) is 16.2. The molecular formula is C21H25N3O4. The molecule has 2 amide bonds. The van der Waals surface area contributed by atoms with Gasteiger partial charge < -0.3 is 19.7 Å². The Hall–Kier alpha value is -2.93. The summed E-state index contributed by atoms with van der Waals surface area (Å²) in [4.78, 5) is 29.8. The third-order valence-electron chi connectivity index (χ3n) is 4.48. The number of hydrogen-bond donors (Lipinski definition) is 1. The number of aromatic nitrogens is 1. The highest BCUT2D eigenvalue weighted by Gasteiger charge is 2.22. The molecule has 1 aromatic carbocycles. The first kappa shape index (κ1) is 19.8. The van der Waals surface area contributed by atoms with Gasteiger partial charge >= 0.3 is 0 Å². The molecule has 0 fully saturated rings. The van der Waals surface area contributed by atoms with E-state index < -0.39 is 0 Å². The fourth-order valence-electron chi connectivity index (χ4n) is 3.11. The lowest BCUT2D eigenvalue weighted by Gasteiger charge is -2.15. The molecule has 0 unspecified atom stereocenters. The third kappa shape index (κ3) is 4.86. The molecule has 3 rings (SSSR count). The Kier molecular flexibility index (Phi) is 6.60. The van der Waals surface area contributed by atoms with Gasteiger partial charge in [-0.05, 0) is 49.6 Å². The first-order valence-electron chi connectivity index (χ1n) is 9.49. The molecule has 1 N–H and O–H groups in total. The summed E-state index contributed by atoms with van der Waals surface area (Å²) in [6.45, 7) is 6.02. The standard InChI is InChI=1S/C21H25N3O4/c1-3-27-12-4-9-23-21(26)19-14-18(7-10-22-19)28-17-5-6-20-16(13-17)8-11-24(20)15(2)25/h5-7,10,13-14H,3-4,8-9,11-12H2,1-2H3,(H,23,26). The number of rotatable bonds is 8. The molecule has 0 bridgehead atoms. The number of nitrogens with one attached hydrogen (secondary N) is 1. The molecule has 0 spiro atoms. The van der Waals surface area contributed by atoms with Crippen molar-refractivity contribution in [2.45, 2.75) is 26.7 Å². The van der Waals surface area contributed by atoms with Crippen molar-refractivity contribution < 1.29 is 19.1 Å². The minimum Gasteiger partial charge on any atom is -0.457 e. The van der Waals surface area contributed by atoms with Crippen molar-refractivity contribution in [3.05, 3.63) is 47.8 Å².